The average Bonchev–Trinajstić information content (AvgIpc) is 2.95. The summed E-state index contributed by atoms with van der Waals surface area (Å²) >= 11 is 0. The number of rotatable bonds is 4. The summed E-state index contributed by atoms with van der Waals surface area (Å²) in [6.45, 7) is 7.73. The van der Waals surface area contributed by atoms with E-state index in [0.717, 1.165) is 50.6 Å². The first-order chi connectivity index (χ1) is 10.2. The molecule has 2 heterocycles. The van der Waals surface area contributed by atoms with E-state index in [2.05, 4.69) is 29.2 Å². The van der Waals surface area contributed by atoms with Gasteiger partial charge in [0.15, 0.2) is 0 Å². The Kier molecular flexibility index (Phi) is 4.22. The highest BCUT2D eigenvalue weighted by Gasteiger charge is 2.10. The molecule has 1 saturated heterocycles. The number of nitrogens with two attached hydrogens (primary N) is 1. The first kappa shape index (κ1) is 14.1. The lowest BCUT2D eigenvalue weighted by Crippen LogP contribution is -2.38. The van der Waals surface area contributed by atoms with Crippen molar-refractivity contribution in [2.75, 3.05) is 38.6 Å². The smallest absolute Gasteiger partial charge is 0.0594 e. The van der Waals surface area contributed by atoms with Crippen LogP contribution in [0.5, 0.6) is 0 Å². The van der Waals surface area contributed by atoms with Crippen LogP contribution >= 0.6 is 0 Å². The lowest BCUT2D eigenvalue weighted by molar-refractivity contribution is 0.0360. The van der Waals surface area contributed by atoms with E-state index < -0.39 is 0 Å². The Morgan fingerprint density at radius 3 is 2.81 bits per heavy atom. The number of hydrogen-bond acceptors (Lipinski definition) is 4. The van der Waals surface area contributed by atoms with Crippen LogP contribution in [0.1, 0.15) is 5.56 Å². The maximum atomic E-state index is 5.80. The van der Waals surface area contributed by atoms with Crippen LogP contribution in [0, 0.1) is 6.92 Å². The van der Waals surface area contributed by atoms with E-state index in [1.807, 2.05) is 23.0 Å². The number of aryl methyl sites for hydroxylation is 1. The predicted octanol–water partition coefficient (Wildman–Crippen LogP) is 1.77. The lowest BCUT2D eigenvalue weighted by atomic mass is 10.0. The average molecular weight is 286 g/mol. The van der Waals surface area contributed by atoms with Gasteiger partial charge in [0.05, 0.1) is 26.0 Å². The number of benzene rings is 1. The molecule has 1 fully saturated rings. The number of hydrogen-bond donors (Lipinski definition) is 1. The predicted molar refractivity (Wildman–Crippen MR) is 84.1 cm³/mol. The zero-order valence-electron chi connectivity index (χ0n) is 12.5. The molecule has 0 radical (unpaired) electrons. The summed E-state index contributed by atoms with van der Waals surface area (Å²) < 4.78 is 7.38. The fourth-order valence-electron chi connectivity index (χ4n) is 2.70. The van der Waals surface area contributed by atoms with E-state index in [4.69, 9.17) is 10.5 Å². The van der Waals surface area contributed by atoms with Crippen molar-refractivity contribution >= 4 is 5.69 Å². The molecule has 0 aliphatic carbocycles. The van der Waals surface area contributed by atoms with Crippen LogP contribution in [0.15, 0.2) is 30.6 Å². The summed E-state index contributed by atoms with van der Waals surface area (Å²) in [5.74, 6) is 0. The molecule has 1 aliphatic heterocycles. The van der Waals surface area contributed by atoms with Gasteiger partial charge in [-0.15, -0.1) is 0 Å². The molecule has 0 unspecified atom stereocenters. The van der Waals surface area contributed by atoms with Gasteiger partial charge in [-0.25, -0.2) is 0 Å². The van der Waals surface area contributed by atoms with Gasteiger partial charge in [0, 0.05) is 37.1 Å². The highest BCUT2D eigenvalue weighted by atomic mass is 16.5. The molecule has 21 heavy (non-hydrogen) atoms. The van der Waals surface area contributed by atoms with Crippen molar-refractivity contribution in [1.29, 1.82) is 0 Å². The molecule has 0 amide bonds. The molecule has 1 aromatic heterocycles. The Hall–Kier alpha value is -1.85. The van der Waals surface area contributed by atoms with Crippen molar-refractivity contribution in [1.82, 2.24) is 14.7 Å². The van der Waals surface area contributed by atoms with Gasteiger partial charge in [-0.2, -0.15) is 5.10 Å². The van der Waals surface area contributed by atoms with Gasteiger partial charge in [-0.3, -0.25) is 9.58 Å². The molecule has 112 valence electrons. The van der Waals surface area contributed by atoms with E-state index in [-0.39, 0.29) is 0 Å². The SMILES string of the molecule is Cc1cc(N)ccc1-c1cnn(CCN2CCOCC2)c1. The minimum absolute atomic E-state index is 0.802. The van der Waals surface area contributed by atoms with E-state index in [1.54, 1.807) is 0 Å². The normalized spacial score (nSPS) is 16.2. The third-order valence-corrected chi connectivity index (χ3v) is 3.94. The second kappa shape index (κ2) is 6.28. The Morgan fingerprint density at radius 1 is 1.24 bits per heavy atom. The maximum absolute atomic E-state index is 5.80. The number of aromatic nitrogens is 2. The summed E-state index contributed by atoms with van der Waals surface area (Å²) in [5, 5.41) is 4.47. The van der Waals surface area contributed by atoms with E-state index >= 15 is 0 Å². The van der Waals surface area contributed by atoms with E-state index in [9.17, 15) is 0 Å². The number of ether oxygens (including phenoxy) is 1. The Labute approximate surface area is 125 Å². The first-order valence-corrected chi connectivity index (χ1v) is 7.41. The van der Waals surface area contributed by atoms with Crippen molar-refractivity contribution in [3.8, 4) is 11.1 Å². The van der Waals surface area contributed by atoms with Gasteiger partial charge in [-0.05, 0) is 30.2 Å². The minimum atomic E-state index is 0.802. The monoisotopic (exact) mass is 286 g/mol. The number of nitrogen functional groups attached to an aromatic ring is 1. The molecule has 2 N–H and O–H groups in total. The van der Waals surface area contributed by atoms with Crippen LogP contribution in [0.25, 0.3) is 11.1 Å². The van der Waals surface area contributed by atoms with Gasteiger partial charge in [0.1, 0.15) is 0 Å². The zero-order valence-corrected chi connectivity index (χ0v) is 12.5. The second-order valence-corrected chi connectivity index (χ2v) is 5.52. The van der Waals surface area contributed by atoms with Crippen LogP contribution in [-0.4, -0.2) is 47.5 Å². The van der Waals surface area contributed by atoms with Crippen molar-refractivity contribution in [3.63, 3.8) is 0 Å². The summed E-state index contributed by atoms with van der Waals surface area (Å²) in [6.07, 6.45) is 4.04. The summed E-state index contributed by atoms with van der Waals surface area (Å²) in [4.78, 5) is 2.42. The number of morpholine rings is 1. The van der Waals surface area contributed by atoms with E-state index in [1.165, 1.54) is 11.1 Å². The molecule has 5 nitrogen and oxygen atoms in total. The third-order valence-electron chi connectivity index (χ3n) is 3.94. The van der Waals surface area contributed by atoms with Gasteiger partial charge in [0.25, 0.3) is 0 Å². The quantitative estimate of drug-likeness (QED) is 0.870. The molecule has 1 aromatic carbocycles. The molecule has 5 heteroatoms. The maximum Gasteiger partial charge on any atom is 0.0594 e. The summed E-state index contributed by atoms with van der Waals surface area (Å²) in [5.41, 5.74) is 10.1. The Morgan fingerprint density at radius 2 is 2.05 bits per heavy atom. The standard InChI is InChI=1S/C16H22N4O/c1-13-10-15(17)2-3-16(13)14-11-18-20(12-14)5-4-19-6-8-21-9-7-19/h2-3,10-12H,4-9,17H2,1H3. The highest BCUT2D eigenvalue weighted by molar-refractivity contribution is 5.68. The van der Waals surface area contributed by atoms with Crippen molar-refractivity contribution in [3.05, 3.63) is 36.2 Å². The van der Waals surface area contributed by atoms with Crippen molar-refractivity contribution < 1.29 is 4.74 Å². The molecule has 2 aromatic rings. The molecule has 0 bridgehead atoms. The fourth-order valence-corrected chi connectivity index (χ4v) is 2.70. The molecule has 0 atom stereocenters. The van der Waals surface area contributed by atoms with Gasteiger partial charge < -0.3 is 10.5 Å². The first-order valence-electron chi connectivity index (χ1n) is 7.41. The largest absolute Gasteiger partial charge is 0.399 e. The number of nitrogens with zero attached hydrogens (tertiary/aromatic N) is 3. The van der Waals surface area contributed by atoms with Crippen molar-refractivity contribution in [2.45, 2.75) is 13.5 Å². The summed E-state index contributed by atoms with van der Waals surface area (Å²) in [7, 11) is 0. The van der Waals surface area contributed by atoms with Gasteiger partial charge >= 0.3 is 0 Å². The molecular weight excluding hydrogens is 264 g/mol. The lowest BCUT2D eigenvalue weighted by Gasteiger charge is -2.26. The molecule has 3 rings (SSSR count). The highest BCUT2D eigenvalue weighted by Crippen LogP contribution is 2.24. The van der Waals surface area contributed by atoms with Gasteiger partial charge in [-0.1, -0.05) is 6.07 Å². The Balaban J connectivity index is 1.65. The van der Waals surface area contributed by atoms with Crippen LogP contribution in [0.4, 0.5) is 5.69 Å². The molecule has 1 aliphatic rings. The van der Waals surface area contributed by atoms with Crippen molar-refractivity contribution in [2.24, 2.45) is 0 Å². The topological polar surface area (TPSA) is 56.3 Å². The zero-order chi connectivity index (χ0) is 14.7. The van der Waals surface area contributed by atoms with Crippen LogP contribution < -0.4 is 5.73 Å². The molecule has 0 spiro atoms. The molecular formula is C16H22N4O. The number of anilines is 1. The van der Waals surface area contributed by atoms with Gasteiger partial charge in [0.2, 0.25) is 0 Å². The summed E-state index contributed by atoms with van der Waals surface area (Å²) in [6, 6.07) is 6.00. The fraction of sp³-hybridized carbons (Fsp3) is 0.438. The van der Waals surface area contributed by atoms with Crippen LogP contribution in [0.2, 0.25) is 0 Å². The van der Waals surface area contributed by atoms with Crippen LogP contribution in [0.3, 0.4) is 0 Å². The second-order valence-electron chi connectivity index (χ2n) is 5.52. The third kappa shape index (κ3) is 3.43. The minimum Gasteiger partial charge on any atom is -0.399 e. The van der Waals surface area contributed by atoms with Crippen LogP contribution in [-0.2, 0) is 11.3 Å². The Bertz CT molecular complexity index is 602. The molecule has 0 saturated carbocycles. The van der Waals surface area contributed by atoms with E-state index in [0.29, 0.717) is 0 Å².